The number of nitrogens with zero attached hydrogens (tertiary/aromatic N) is 2. The first-order valence-electron chi connectivity index (χ1n) is 11.2. The van der Waals surface area contributed by atoms with Gasteiger partial charge >= 0.3 is 0 Å². The molecule has 1 heterocycles. The number of carbonyl (C=O) groups excluding carboxylic acids is 1. The van der Waals surface area contributed by atoms with Crippen LogP contribution in [0.3, 0.4) is 0 Å². The molecule has 11 heteroatoms. The van der Waals surface area contributed by atoms with Crippen molar-refractivity contribution < 1.29 is 21.6 Å². The highest BCUT2D eigenvalue weighted by atomic mass is 32.2. The average Bonchev–Trinajstić information content (AvgIpc) is 3.32. The molecule has 9 nitrogen and oxygen atoms in total. The summed E-state index contributed by atoms with van der Waals surface area (Å²) in [5.74, 6) is -0.265. The fraction of sp³-hybridized carbons (Fsp3) is 0.375. The highest BCUT2D eigenvalue weighted by Gasteiger charge is 2.32. The summed E-state index contributed by atoms with van der Waals surface area (Å²) in [6.07, 6.45) is 0.702. The minimum Gasteiger partial charge on any atom is -0.377 e. The van der Waals surface area contributed by atoms with E-state index in [0.29, 0.717) is 25.1 Å². The topological polar surface area (TPSA) is 116 Å². The van der Waals surface area contributed by atoms with Gasteiger partial charge in [-0.3, -0.25) is 4.79 Å². The molecule has 0 bridgehead atoms. The van der Waals surface area contributed by atoms with Crippen molar-refractivity contribution >= 4 is 31.6 Å². The molecule has 0 aliphatic carbocycles. The second kappa shape index (κ2) is 11.3. The minimum absolute atomic E-state index is 0.111. The van der Waals surface area contributed by atoms with E-state index >= 15 is 0 Å². The monoisotopic (exact) mass is 520 g/mol. The molecule has 1 aliphatic rings. The second-order valence-electron chi connectivity index (χ2n) is 8.70. The van der Waals surface area contributed by atoms with Gasteiger partial charge in [0.25, 0.3) is 0 Å². The SMILES string of the molecule is C=CS(=O)(=O)NC[C@H]1CCN(S(=O)(=O)c2ccc(CC(=O)NCc3ccccc3N(C)C)cc2)C1. The Kier molecular flexibility index (Phi) is 8.70. The van der Waals surface area contributed by atoms with Crippen molar-refractivity contribution in [1.29, 1.82) is 0 Å². The van der Waals surface area contributed by atoms with Gasteiger partial charge in [-0.15, -0.1) is 0 Å². The van der Waals surface area contributed by atoms with Crippen molar-refractivity contribution in [3.05, 3.63) is 71.6 Å². The molecular weight excluding hydrogens is 488 g/mol. The van der Waals surface area contributed by atoms with Gasteiger partial charge in [0, 0.05) is 51.4 Å². The Morgan fingerprint density at radius 2 is 1.80 bits per heavy atom. The Morgan fingerprint density at radius 3 is 2.46 bits per heavy atom. The molecule has 2 N–H and O–H groups in total. The van der Waals surface area contributed by atoms with E-state index in [-0.39, 0.29) is 36.2 Å². The zero-order valence-corrected chi connectivity index (χ0v) is 21.6. The molecule has 3 rings (SSSR count). The summed E-state index contributed by atoms with van der Waals surface area (Å²) in [5, 5.41) is 3.75. The Labute approximate surface area is 207 Å². The third kappa shape index (κ3) is 7.14. The second-order valence-corrected chi connectivity index (χ2v) is 12.3. The third-order valence-electron chi connectivity index (χ3n) is 5.92. The van der Waals surface area contributed by atoms with Crippen LogP contribution in [0.4, 0.5) is 5.69 Å². The summed E-state index contributed by atoms with van der Waals surface area (Å²) >= 11 is 0. The first kappa shape index (κ1) is 26.9. The van der Waals surface area contributed by atoms with E-state index in [1.165, 1.54) is 16.4 Å². The number of hydrogen-bond acceptors (Lipinski definition) is 6. The molecule has 1 fully saturated rings. The van der Waals surface area contributed by atoms with E-state index in [0.717, 1.165) is 16.7 Å². The van der Waals surface area contributed by atoms with Crippen molar-refractivity contribution in [3.8, 4) is 0 Å². The predicted octanol–water partition coefficient (Wildman–Crippen LogP) is 1.69. The number of sulfonamides is 2. The third-order valence-corrected chi connectivity index (χ3v) is 8.80. The molecule has 1 atom stereocenters. The van der Waals surface area contributed by atoms with Crippen LogP contribution < -0.4 is 14.9 Å². The number of para-hydroxylation sites is 1. The molecule has 1 amide bonds. The molecule has 0 aromatic heterocycles. The fourth-order valence-electron chi connectivity index (χ4n) is 3.94. The lowest BCUT2D eigenvalue weighted by Crippen LogP contribution is -2.32. The Morgan fingerprint density at radius 1 is 1.11 bits per heavy atom. The molecule has 2 aromatic rings. The highest BCUT2D eigenvalue weighted by Crippen LogP contribution is 2.24. The molecule has 190 valence electrons. The lowest BCUT2D eigenvalue weighted by atomic mass is 10.1. The summed E-state index contributed by atoms with van der Waals surface area (Å²) in [6, 6.07) is 14.1. The smallest absolute Gasteiger partial charge is 0.243 e. The zero-order valence-electron chi connectivity index (χ0n) is 20.0. The largest absolute Gasteiger partial charge is 0.377 e. The lowest BCUT2D eigenvalue weighted by Gasteiger charge is -2.18. The summed E-state index contributed by atoms with van der Waals surface area (Å²) < 4.78 is 52.8. The van der Waals surface area contributed by atoms with Crippen LogP contribution >= 0.6 is 0 Å². The Balaban J connectivity index is 1.55. The maximum Gasteiger partial charge on any atom is 0.243 e. The van der Waals surface area contributed by atoms with Crippen molar-refractivity contribution in [2.24, 2.45) is 5.92 Å². The van der Waals surface area contributed by atoms with E-state index in [2.05, 4.69) is 16.6 Å². The van der Waals surface area contributed by atoms with Crippen molar-refractivity contribution in [1.82, 2.24) is 14.3 Å². The molecule has 35 heavy (non-hydrogen) atoms. The summed E-state index contributed by atoms with van der Waals surface area (Å²) in [4.78, 5) is 14.6. The normalized spacial score (nSPS) is 16.7. The number of benzene rings is 2. The maximum atomic E-state index is 13.0. The van der Waals surface area contributed by atoms with E-state index in [4.69, 9.17) is 0 Å². The number of rotatable bonds is 11. The van der Waals surface area contributed by atoms with Gasteiger partial charge in [-0.2, -0.15) is 4.31 Å². The van der Waals surface area contributed by atoms with Crippen LogP contribution in [0, 0.1) is 5.92 Å². The maximum absolute atomic E-state index is 13.0. The van der Waals surface area contributed by atoms with Crippen molar-refractivity contribution in [3.63, 3.8) is 0 Å². The van der Waals surface area contributed by atoms with Crippen LogP contribution in [0.1, 0.15) is 17.5 Å². The van der Waals surface area contributed by atoms with E-state index in [1.807, 2.05) is 43.3 Å². The van der Waals surface area contributed by atoms with Gasteiger partial charge in [0.1, 0.15) is 0 Å². The van der Waals surface area contributed by atoms with Gasteiger partial charge in [-0.05, 0) is 41.7 Å². The molecule has 0 unspecified atom stereocenters. The summed E-state index contributed by atoms with van der Waals surface area (Å²) in [6.45, 7) is 4.37. The number of nitrogens with one attached hydrogen (secondary N) is 2. The molecule has 2 aromatic carbocycles. The molecule has 0 saturated carbocycles. The van der Waals surface area contributed by atoms with Crippen molar-refractivity contribution in [2.45, 2.75) is 24.3 Å². The molecule has 1 aliphatic heterocycles. The lowest BCUT2D eigenvalue weighted by molar-refractivity contribution is -0.120. The van der Waals surface area contributed by atoms with Gasteiger partial charge in [-0.1, -0.05) is 36.9 Å². The van der Waals surface area contributed by atoms with Crippen molar-refractivity contribution in [2.75, 3.05) is 38.6 Å². The van der Waals surface area contributed by atoms with Gasteiger partial charge in [0.05, 0.1) is 11.3 Å². The summed E-state index contributed by atoms with van der Waals surface area (Å²) in [5.41, 5.74) is 2.75. The number of amides is 1. The van der Waals surface area contributed by atoms with Crippen LogP contribution in [-0.2, 0) is 37.8 Å². The fourth-order valence-corrected chi connectivity index (χ4v) is 6.06. The predicted molar refractivity (Wildman–Crippen MR) is 137 cm³/mol. The van der Waals surface area contributed by atoms with E-state index in [9.17, 15) is 21.6 Å². The Hall–Kier alpha value is -2.73. The van der Waals surface area contributed by atoms with Gasteiger partial charge in [0.2, 0.25) is 26.0 Å². The van der Waals surface area contributed by atoms with Gasteiger partial charge in [-0.25, -0.2) is 21.6 Å². The van der Waals surface area contributed by atoms with Gasteiger partial charge in [0.15, 0.2) is 0 Å². The molecular formula is C24H32N4O5S2. The number of carbonyl (C=O) groups is 1. The first-order chi connectivity index (χ1) is 16.5. The van der Waals surface area contributed by atoms with E-state index < -0.39 is 20.0 Å². The highest BCUT2D eigenvalue weighted by molar-refractivity contribution is 7.92. The number of hydrogen-bond donors (Lipinski definition) is 2. The minimum atomic E-state index is -3.70. The van der Waals surface area contributed by atoms with Crippen LogP contribution in [0.15, 0.2) is 65.4 Å². The number of anilines is 1. The first-order valence-corrected chi connectivity index (χ1v) is 14.2. The van der Waals surface area contributed by atoms with E-state index in [1.54, 1.807) is 12.1 Å². The van der Waals surface area contributed by atoms with Crippen LogP contribution in [0.25, 0.3) is 0 Å². The van der Waals surface area contributed by atoms with Gasteiger partial charge < -0.3 is 10.2 Å². The quantitative estimate of drug-likeness (QED) is 0.466. The van der Waals surface area contributed by atoms with Crippen LogP contribution in [0.5, 0.6) is 0 Å². The summed E-state index contributed by atoms with van der Waals surface area (Å²) in [7, 11) is -3.35. The molecule has 0 spiro atoms. The molecule has 0 radical (unpaired) electrons. The Bertz CT molecular complexity index is 1260. The average molecular weight is 521 g/mol. The molecule has 1 saturated heterocycles. The zero-order chi connectivity index (χ0) is 25.6. The standard InChI is InChI=1S/C24H32N4O5S2/c1-4-34(30,31)26-16-20-13-14-28(18-20)35(32,33)22-11-9-19(10-12-22)15-24(29)25-17-21-7-5-6-8-23(21)27(2)3/h4-12,20,26H,1,13-18H2,2-3H3,(H,25,29)/t20-/m1/s1. The van der Waals surface area contributed by atoms with Crippen LogP contribution in [0.2, 0.25) is 0 Å². The van der Waals surface area contributed by atoms with Crippen LogP contribution in [-0.4, -0.2) is 60.8 Å².